The maximum atomic E-state index is 11.3. The van der Waals surface area contributed by atoms with Crippen molar-refractivity contribution in [2.75, 3.05) is 11.9 Å². The van der Waals surface area contributed by atoms with Gasteiger partial charge in [0.2, 0.25) is 0 Å². The van der Waals surface area contributed by atoms with Crippen LogP contribution in [0.5, 0.6) is 5.75 Å². The normalized spacial score (nSPS) is 20.1. The van der Waals surface area contributed by atoms with Crippen molar-refractivity contribution >= 4 is 23.2 Å². The van der Waals surface area contributed by atoms with Gasteiger partial charge in [0, 0.05) is 0 Å². The highest BCUT2D eigenvalue weighted by molar-refractivity contribution is 6.20. The molecule has 1 atom stereocenters. The number of hydrogen-bond acceptors (Lipinski definition) is 2. The molecule has 0 bridgehead atoms. The molecule has 1 unspecified atom stereocenters. The van der Waals surface area contributed by atoms with Gasteiger partial charge in [0.25, 0.3) is 5.91 Å². The molecule has 1 amide bonds. The molecule has 1 heterocycles. The first-order valence-corrected chi connectivity index (χ1v) is 7.86. The quantitative estimate of drug-likeness (QED) is 0.842. The lowest BCUT2D eigenvalue weighted by Crippen LogP contribution is -2.25. The highest BCUT2D eigenvalue weighted by atomic mass is 35.5. The zero-order chi connectivity index (χ0) is 13.9. The zero-order valence-corrected chi connectivity index (χ0v) is 12.3. The minimum atomic E-state index is -0.105. The van der Waals surface area contributed by atoms with E-state index in [1.807, 2.05) is 18.2 Å². The second-order valence-corrected chi connectivity index (χ2v) is 6.31. The summed E-state index contributed by atoms with van der Waals surface area (Å²) in [6.45, 7) is 0.0956. The number of carbonyl (C=O) groups excluding carboxylic acids is 1. The van der Waals surface area contributed by atoms with Gasteiger partial charge in [0.15, 0.2) is 6.61 Å². The van der Waals surface area contributed by atoms with E-state index in [4.69, 9.17) is 16.3 Å². The number of anilines is 1. The average molecular weight is 294 g/mol. The number of alkyl halides is 1. The Balaban J connectivity index is 1.63. The molecule has 1 aromatic carbocycles. The lowest BCUT2D eigenvalue weighted by atomic mass is 9.97. The van der Waals surface area contributed by atoms with Gasteiger partial charge in [0.1, 0.15) is 5.75 Å². The number of amides is 1. The highest BCUT2D eigenvalue weighted by Gasteiger charge is 2.20. The summed E-state index contributed by atoms with van der Waals surface area (Å²) in [5.41, 5.74) is 1.81. The average Bonchev–Trinajstić information content (AvgIpc) is 2.97. The van der Waals surface area contributed by atoms with Gasteiger partial charge in [-0.25, -0.2) is 0 Å². The fourth-order valence-corrected chi connectivity index (χ4v) is 3.41. The van der Waals surface area contributed by atoms with Crippen LogP contribution >= 0.6 is 11.6 Å². The van der Waals surface area contributed by atoms with Crippen LogP contribution in [0.4, 0.5) is 5.69 Å². The van der Waals surface area contributed by atoms with E-state index in [2.05, 4.69) is 5.32 Å². The molecule has 1 aliphatic heterocycles. The van der Waals surface area contributed by atoms with Gasteiger partial charge in [-0.2, -0.15) is 0 Å². The number of benzene rings is 1. The van der Waals surface area contributed by atoms with Crippen LogP contribution in [-0.4, -0.2) is 12.5 Å². The summed E-state index contributed by atoms with van der Waals surface area (Å²) in [5, 5.41) is 2.84. The number of fused-ring (bicyclic) bond motifs is 1. The summed E-state index contributed by atoms with van der Waals surface area (Å²) in [7, 11) is 0. The van der Waals surface area contributed by atoms with Crippen molar-refractivity contribution < 1.29 is 9.53 Å². The Morgan fingerprint density at radius 3 is 2.95 bits per heavy atom. The van der Waals surface area contributed by atoms with Gasteiger partial charge in [-0.15, -0.1) is 11.6 Å². The number of rotatable bonds is 4. The maximum Gasteiger partial charge on any atom is 0.262 e. The monoisotopic (exact) mass is 293 g/mol. The van der Waals surface area contributed by atoms with Crippen molar-refractivity contribution in [2.45, 2.75) is 43.9 Å². The van der Waals surface area contributed by atoms with Gasteiger partial charge < -0.3 is 10.1 Å². The number of carbonyl (C=O) groups is 1. The molecule has 20 heavy (non-hydrogen) atoms. The van der Waals surface area contributed by atoms with Crippen LogP contribution in [0.15, 0.2) is 18.2 Å². The number of nitrogens with one attached hydrogen (secondary N) is 1. The minimum absolute atomic E-state index is 0.0136. The van der Waals surface area contributed by atoms with Gasteiger partial charge in [-0.3, -0.25) is 4.79 Å². The van der Waals surface area contributed by atoms with Gasteiger partial charge in [0.05, 0.1) is 11.1 Å². The molecule has 108 valence electrons. The third kappa shape index (κ3) is 3.09. The predicted octanol–water partition coefficient (Wildman–Crippen LogP) is 4.27. The van der Waals surface area contributed by atoms with E-state index in [9.17, 15) is 4.79 Å². The number of hydrogen-bond donors (Lipinski definition) is 1. The third-order valence-corrected chi connectivity index (χ3v) is 4.77. The molecule has 0 saturated heterocycles. The van der Waals surface area contributed by atoms with Crippen LogP contribution in [0.3, 0.4) is 0 Å². The molecule has 0 radical (unpaired) electrons. The number of ether oxygens (including phenoxy) is 1. The molecule has 3 nitrogen and oxygen atoms in total. The van der Waals surface area contributed by atoms with Crippen LogP contribution in [0.2, 0.25) is 0 Å². The summed E-state index contributed by atoms with van der Waals surface area (Å²) in [4.78, 5) is 11.3. The molecule has 1 N–H and O–H groups in total. The van der Waals surface area contributed by atoms with Crippen molar-refractivity contribution in [3.63, 3.8) is 0 Å². The van der Waals surface area contributed by atoms with Crippen molar-refractivity contribution in [3.8, 4) is 5.75 Å². The molecular weight excluding hydrogens is 274 g/mol. The third-order valence-electron chi connectivity index (χ3n) is 4.30. The standard InChI is InChI=1S/C16H20ClNO2/c17-13(7-5-11-3-1-2-4-11)12-6-8-15-14(9-12)18-16(19)10-20-15/h6,8-9,11,13H,1-5,7,10H2,(H,18,19). The van der Waals surface area contributed by atoms with E-state index in [0.29, 0.717) is 0 Å². The first-order chi connectivity index (χ1) is 9.72. The van der Waals surface area contributed by atoms with Crippen molar-refractivity contribution in [1.29, 1.82) is 0 Å². The first kappa shape index (κ1) is 13.7. The molecule has 0 aromatic heterocycles. The molecule has 0 spiro atoms. The van der Waals surface area contributed by atoms with Crippen LogP contribution in [0.25, 0.3) is 0 Å². The van der Waals surface area contributed by atoms with Crippen molar-refractivity contribution in [3.05, 3.63) is 23.8 Å². The summed E-state index contributed by atoms with van der Waals surface area (Å²) >= 11 is 6.51. The Morgan fingerprint density at radius 1 is 1.35 bits per heavy atom. The van der Waals surface area contributed by atoms with E-state index in [-0.39, 0.29) is 17.9 Å². The molecular formula is C16H20ClNO2. The largest absolute Gasteiger partial charge is 0.482 e. The summed E-state index contributed by atoms with van der Waals surface area (Å²) in [6, 6.07) is 5.84. The van der Waals surface area contributed by atoms with E-state index >= 15 is 0 Å². The van der Waals surface area contributed by atoms with E-state index < -0.39 is 0 Å². The SMILES string of the molecule is O=C1COc2ccc(C(Cl)CCC3CCCC3)cc2N1. The van der Waals surface area contributed by atoms with Crippen LogP contribution in [0.1, 0.15) is 49.5 Å². The Kier molecular flexibility index (Phi) is 4.16. The summed E-state index contributed by atoms with van der Waals surface area (Å²) in [6.07, 6.45) is 7.67. The van der Waals surface area contributed by atoms with E-state index in [1.165, 1.54) is 32.1 Å². The predicted molar refractivity (Wildman–Crippen MR) is 80.4 cm³/mol. The molecule has 1 aromatic rings. The lowest BCUT2D eigenvalue weighted by molar-refractivity contribution is -0.118. The lowest BCUT2D eigenvalue weighted by Gasteiger charge is -2.20. The fraction of sp³-hybridized carbons (Fsp3) is 0.562. The highest BCUT2D eigenvalue weighted by Crippen LogP contribution is 2.37. The topological polar surface area (TPSA) is 38.3 Å². The second kappa shape index (κ2) is 6.04. The number of halogens is 1. The Bertz CT molecular complexity index is 497. The Hall–Kier alpha value is -1.22. The summed E-state index contributed by atoms with van der Waals surface area (Å²) in [5.74, 6) is 1.48. The molecule has 1 fully saturated rings. The maximum absolute atomic E-state index is 11.3. The molecule has 2 aliphatic rings. The Morgan fingerprint density at radius 2 is 2.15 bits per heavy atom. The zero-order valence-electron chi connectivity index (χ0n) is 11.5. The van der Waals surface area contributed by atoms with E-state index in [0.717, 1.165) is 29.3 Å². The summed E-state index contributed by atoms with van der Waals surface area (Å²) < 4.78 is 5.36. The molecule has 4 heteroatoms. The van der Waals surface area contributed by atoms with Gasteiger partial charge in [-0.1, -0.05) is 31.7 Å². The first-order valence-electron chi connectivity index (χ1n) is 7.43. The molecule has 3 rings (SSSR count). The van der Waals surface area contributed by atoms with Crippen LogP contribution in [0, 0.1) is 5.92 Å². The van der Waals surface area contributed by atoms with Crippen molar-refractivity contribution in [2.24, 2.45) is 5.92 Å². The van der Waals surface area contributed by atoms with Crippen LogP contribution in [-0.2, 0) is 4.79 Å². The van der Waals surface area contributed by atoms with E-state index in [1.54, 1.807) is 0 Å². The fourth-order valence-electron chi connectivity index (χ4n) is 3.14. The molecule has 1 aliphatic carbocycles. The second-order valence-electron chi connectivity index (χ2n) is 5.79. The van der Waals surface area contributed by atoms with Gasteiger partial charge >= 0.3 is 0 Å². The minimum Gasteiger partial charge on any atom is -0.482 e. The van der Waals surface area contributed by atoms with Crippen LogP contribution < -0.4 is 10.1 Å². The smallest absolute Gasteiger partial charge is 0.262 e. The van der Waals surface area contributed by atoms with Crippen molar-refractivity contribution in [1.82, 2.24) is 0 Å². The molecule has 1 saturated carbocycles. The van der Waals surface area contributed by atoms with Gasteiger partial charge in [-0.05, 0) is 36.5 Å². The Labute approximate surface area is 124 Å².